The van der Waals surface area contributed by atoms with Gasteiger partial charge in [0.05, 0.1) is 22.9 Å². The van der Waals surface area contributed by atoms with Crippen LogP contribution in [0.5, 0.6) is 0 Å². The van der Waals surface area contributed by atoms with Crippen LogP contribution in [0.15, 0.2) is 36.8 Å². The van der Waals surface area contributed by atoms with E-state index >= 15 is 0 Å². The van der Waals surface area contributed by atoms with Crippen molar-refractivity contribution in [1.29, 1.82) is 0 Å². The van der Waals surface area contributed by atoms with Crippen LogP contribution in [0.25, 0.3) is 16.8 Å². The topological polar surface area (TPSA) is 98.0 Å². The van der Waals surface area contributed by atoms with Crippen LogP contribution in [-0.2, 0) is 15.9 Å². The third-order valence-electron chi connectivity index (χ3n) is 5.46. The first-order chi connectivity index (χ1) is 13.7. The number of benzene rings is 1. The van der Waals surface area contributed by atoms with Crippen molar-refractivity contribution in [2.45, 2.75) is 45.9 Å². The minimum atomic E-state index is -1.04. The fourth-order valence-electron chi connectivity index (χ4n) is 3.41. The van der Waals surface area contributed by atoms with Crippen molar-refractivity contribution in [3.8, 4) is 11.3 Å². The normalized spacial score (nSPS) is 18.3. The molecule has 3 aromatic rings. The van der Waals surface area contributed by atoms with Crippen molar-refractivity contribution in [2.24, 2.45) is 0 Å². The van der Waals surface area contributed by atoms with E-state index in [0.717, 1.165) is 33.4 Å². The van der Waals surface area contributed by atoms with Gasteiger partial charge in [-0.15, -0.1) is 0 Å². The van der Waals surface area contributed by atoms with Crippen LogP contribution in [0.3, 0.4) is 0 Å². The molecule has 0 radical (unpaired) electrons. The summed E-state index contributed by atoms with van der Waals surface area (Å²) in [6.07, 6.45) is 2.36. The van der Waals surface area contributed by atoms with Gasteiger partial charge in [-0.3, -0.25) is 0 Å². The molecule has 8 nitrogen and oxygen atoms in total. The molecular weight excluding hydrogens is 371 g/mol. The lowest BCUT2D eigenvalue weighted by atomic mass is 9.81. The van der Waals surface area contributed by atoms with Crippen molar-refractivity contribution in [1.82, 2.24) is 19.9 Å². The Balaban J connectivity index is 1.67. The van der Waals surface area contributed by atoms with Crippen LogP contribution in [0, 0.1) is 6.92 Å². The molecule has 29 heavy (non-hydrogen) atoms. The molecule has 1 aliphatic rings. The van der Waals surface area contributed by atoms with Crippen molar-refractivity contribution in [2.75, 3.05) is 0 Å². The van der Waals surface area contributed by atoms with E-state index in [1.54, 1.807) is 4.52 Å². The molecule has 150 valence electrons. The SMILES string of the molecule is Cc1cc(-c2ncnn3cc(B4OC(C)C(C)(C)O4)cc23)ccc1CNC(=O)O. The number of nitrogens with zero attached hydrogens (tertiary/aromatic N) is 3. The lowest BCUT2D eigenvalue weighted by molar-refractivity contribution is 0.0842. The molecule has 1 amide bonds. The highest BCUT2D eigenvalue weighted by molar-refractivity contribution is 6.62. The molecule has 2 N–H and O–H groups in total. The van der Waals surface area contributed by atoms with Crippen LogP contribution in [0.4, 0.5) is 4.79 Å². The summed E-state index contributed by atoms with van der Waals surface area (Å²) in [4.78, 5) is 15.2. The van der Waals surface area contributed by atoms with Gasteiger partial charge in [-0.25, -0.2) is 14.3 Å². The molecule has 0 bridgehead atoms. The second kappa shape index (κ2) is 7.16. The summed E-state index contributed by atoms with van der Waals surface area (Å²) in [6.45, 7) is 8.25. The van der Waals surface area contributed by atoms with Crippen molar-refractivity contribution in [3.05, 3.63) is 47.9 Å². The van der Waals surface area contributed by atoms with E-state index in [1.807, 2.05) is 58.2 Å². The molecule has 3 heterocycles. The second-order valence-corrected chi connectivity index (χ2v) is 7.84. The predicted molar refractivity (Wildman–Crippen MR) is 109 cm³/mol. The molecule has 0 aliphatic carbocycles. The average molecular weight is 394 g/mol. The zero-order chi connectivity index (χ0) is 20.8. The number of carboxylic acid groups (broad SMARTS) is 1. The van der Waals surface area contributed by atoms with E-state index < -0.39 is 13.2 Å². The minimum absolute atomic E-state index is 0.0179. The molecule has 1 saturated heterocycles. The summed E-state index contributed by atoms with van der Waals surface area (Å²) in [6, 6.07) is 7.84. The molecule has 1 atom stereocenters. The Hall–Kier alpha value is -2.91. The average Bonchev–Trinajstić information content (AvgIpc) is 3.21. The number of fused-ring (bicyclic) bond motifs is 1. The Morgan fingerprint density at radius 1 is 1.38 bits per heavy atom. The van der Waals surface area contributed by atoms with Crippen molar-refractivity contribution < 1.29 is 19.2 Å². The zero-order valence-electron chi connectivity index (χ0n) is 16.8. The largest absolute Gasteiger partial charge is 0.496 e. The second-order valence-electron chi connectivity index (χ2n) is 7.84. The molecule has 1 aliphatic heterocycles. The molecule has 1 aromatic carbocycles. The van der Waals surface area contributed by atoms with E-state index in [4.69, 9.17) is 14.4 Å². The van der Waals surface area contributed by atoms with Gasteiger partial charge in [-0.05, 0) is 51.0 Å². The van der Waals surface area contributed by atoms with Gasteiger partial charge in [0.15, 0.2) is 0 Å². The molecule has 2 aromatic heterocycles. The number of hydrogen-bond donors (Lipinski definition) is 2. The Morgan fingerprint density at radius 3 is 2.83 bits per heavy atom. The third kappa shape index (κ3) is 3.71. The monoisotopic (exact) mass is 394 g/mol. The quantitative estimate of drug-likeness (QED) is 0.660. The maximum atomic E-state index is 10.7. The number of hydrogen-bond acceptors (Lipinski definition) is 5. The number of carbonyl (C=O) groups is 1. The van der Waals surface area contributed by atoms with Crippen LogP contribution < -0.4 is 10.8 Å². The number of rotatable bonds is 4. The summed E-state index contributed by atoms with van der Waals surface area (Å²) in [5.74, 6) is 0. The first-order valence-corrected chi connectivity index (χ1v) is 9.48. The Kier molecular flexibility index (Phi) is 4.80. The maximum Gasteiger partial charge on any atom is 0.496 e. The lowest BCUT2D eigenvalue weighted by Crippen LogP contribution is -2.34. The first-order valence-electron chi connectivity index (χ1n) is 9.48. The number of nitrogens with one attached hydrogen (secondary N) is 1. The van der Waals surface area contributed by atoms with Gasteiger partial charge < -0.3 is 19.7 Å². The summed E-state index contributed by atoms with van der Waals surface area (Å²) in [5, 5.41) is 15.5. The summed E-state index contributed by atoms with van der Waals surface area (Å²) in [5.41, 5.74) is 5.01. The molecule has 9 heteroatoms. The predicted octanol–water partition coefficient (Wildman–Crippen LogP) is 2.38. The summed E-state index contributed by atoms with van der Waals surface area (Å²) >= 11 is 0. The van der Waals surface area contributed by atoms with Gasteiger partial charge in [0, 0.05) is 23.8 Å². The van der Waals surface area contributed by atoms with Crippen molar-refractivity contribution >= 4 is 24.2 Å². The third-order valence-corrected chi connectivity index (χ3v) is 5.46. The smallest absolute Gasteiger partial charge is 0.465 e. The molecule has 0 saturated carbocycles. The van der Waals surface area contributed by atoms with Gasteiger partial charge >= 0.3 is 13.2 Å². The Bertz CT molecular complexity index is 1080. The zero-order valence-corrected chi connectivity index (χ0v) is 16.8. The number of amides is 1. The maximum absolute atomic E-state index is 10.7. The minimum Gasteiger partial charge on any atom is -0.465 e. The molecule has 1 unspecified atom stereocenters. The fourth-order valence-corrected chi connectivity index (χ4v) is 3.41. The van der Waals surface area contributed by atoms with Gasteiger partial charge in [-0.2, -0.15) is 5.10 Å². The highest BCUT2D eigenvalue weighted by Crippen LogP contribution is 2.28. The van der Waals surface area contributed by atoms with E-state index in [0.29, 0.717) is 0 Å². The molecule has 4 rings (SSSR count). The molecule has 1 fully saturated rings. The highest BCUT2D eigenvalue weighted by atomic mass is 16.7. The highest BCUT2D eigenvalue weighted by Gasteiger charge is 2.44. The number of aryl methyl sites for hydroxylation is 1. The van der Waals surface area contributed by atoms with E-state index in [2.05, 4.69) is 15.4 Å². The van der Waals surface area contributed by atoms with E-state index in [1.165, 1.54) is 6.33 Å². The van der Waals surface area contributed by atoms with Gasteiger partial charge in [0.25, 0.3) is 0 Å². The standard InChI is InChI=1S/C20H23BN4O4/c1-12-7-14(5-6-15(12)9-22-19(26)27)18-17-8-16(10-25(17)24-11-23-18)21-28-13(2)20(3,4)29-21/h5-8,10-11,13,22H,9H2,1-4H3,(H,26,27). The van der Waals surface area contributed by atoms with Crippen molar-refractivity contribution in [3.63, 3.8) is 0 Å². The van der Waals surface area contributed by atoms with Gasteiger partial charge in [-0.1, -0.05) is 12.1 Å². The molecule has 0 spiro atoms. The van der Waals surface area contributed by atoms with E-state index in [-0.39, 0.29) is 18.2 Å². The Labute approximate surface area is 169 Å². The van der Waals surface area contributed by atoms with E-state index in [9.17, 15) is 4.79 Å². The summed E-state index contributed by atoms with van der Waals surface area (Å²) < 4.78 is 13.8. The number of aromatic nitrogens is 3. The fraction of sp³-hybridized carbons (Fsp3) is 0.350. The van der Waals surface area contributed by atoms with Crippen LogP contribution in [0.1, 0.15) is 31.9 Å². The lowest BCUT2D eigenvalue weighted by Gasteiger charge is -2.21. The molecular formula is C20H23BN4O4. The van der Waals surface area contributed by atoms with Crippen LogP contribution in [0.2, 0.25) is 0 Å². The van der Waals surface area contributed by atoms with Crippen LogP contribution in [-0.4, -0.2) is 44.6 Å². The van der Waals surface area contributed by atoms with Crippen LogP contribution >= 0.6 is 0 Å². The first kappa shape index (κ1) is 19.4. The van der Waals surface area contributed by atoms with Gasteiger partial charge in [0.2, 0.25) is 0 Å². The Morgan fingerprint density at radius 2 is 2.17 bits per heavy atom. The summed E-state index contributed by atoms with van der Waals surface area (Å²) in [7, 11) is -0.444. The van der Waals surface area contributed by atoms with Gasteiger partial charge in [0.1, 0.15) is 6.33 Å².